The number of halogens is 1. The molecule has 12 heavy (non-hydrogen) atoms. The lowest BCUT2D eigenvalue weighted by atomic mass is 10.2. The van der Waals surface area contributed by atoms with E-state index in [-0.39, 0.29) is 0 Å². The van der Waals surface area contributed by atoms with Gasteiger partial charge in [0.05, 0.1) is 0 Å². The Labute approximate surface area is 90.7 Å². The summed E-state index contributed by atoms with van der Waals surface area (Å²) in [5.41, 5.74) is 6.52. The molecule has 0 amide bonds. The molecule has 0 bridgehead atoms. The van der Waals surface area contributed by atoms with Crippen LogP contribution in [0.2, 0.25) is 0 Å². The first-order valence-electron chi connectivity index (χ1n) is 3.47. The van der Waals surface area contributed by atoms with Crippen LogP contribution < -0.4 is 11.1 Å². The Morgan fingerprint density at radius 2 is 2.17 bits per heavy atom. The van der Waals surface area contributed by atoms with Crippen LogP contribution in [-0.2, 0) is 6.54 Å². The summed E-state index contributed by atoms with van der Waals surface area (Å²) >= 11 is 6.99. The Kier molecular flexibility index (Phi) is 3.74. The van der Waals surface area contributed by atoms with Crippen molar-refractivity contribution in [2.75, 3.05) is 0 Å². The molecule has 1 aromatic carbocycles. The minimum Gasteiger partial charge on any atom is -0.376 e. The van der Waals surface area contributed by atoms with Gasteiger partial charge in [-0.2, -0.15) is 0 Å². The Hall–Kier alpha value is -0.360. The highest BCUT2D eigenvalue weighted by Gasteiger charge is 1.96. The zero-order valence-electron chi connectivity index (χ0n) is 6.38. The molecule has 0 aliphatic heterocycles. The largest absolute Gasteiger partial charge is 0.376 e. The van der Waals surface area contributed by atoms with Crippen molar-refractivity contribution in [3.8, 4) is 0 Å². The number of nitrogens with one attached hydrogen (secondary N) is 1. The van der Waals surface area contributed by atoms with Crippen molar-refractivity contribution >= 4 is 39.9 Å². The fourth-order valence-electron chi connectivity index (χ4n) is 0.824. The van der Waals surface area contributed by atoms with Crippen LogP contribution in [0, 0.1) is 3.57 Å². The molecule has 1 rings (SSSR count). The zero-order chi connectivity index (χ0) is 8.97. The SMILES string of the molecule is NC(=S)NCc1ccccc1I. The molecule has 0 unspecified atom stereocenters. The van der Waals surface area contributed by atoms with Crippen LogP contribution in [0.5, 0.6) is 0 Å². The molecule has 0 spiro atoms. The predicted molar refractivity (Wildman–Crippen MR) is 62.8 cm³/mol. The third kappa shape index (κ3) is 2.94. The lowest BCUT2D eigenvalue weighted by molar-refractivity contribution is 0.914. The quantitative estimate of drug-likeness (QED) is 0.642. The summed E-state index contributed by atoms with van der Waals surface area (Å²) in [4.78, 5) is 0. The van der Waals surface area contributed by atoms with Gasteiger partial charge in [-0.05, 0) is 46.4 Å². The number of nitrogens with two attached hydrogens (primary N) is 1. The average Bonchev–Trinajstić information content (AvgIpc) is 2.03. The average molecular weight is 292 g/mol. The Balaban J connectivity index is 2.63. The van der Waals surface area contributed by atoms with E-state index in [4.69, 9.17) is 18.0 Å². The van der Waals surface area contributed by atoms with Gasteiger partial charge in [-0.3, -0.25) is 0 Å². The first-order chi connectivity index (χ1) is 5.70. The minimum absolute atomic E-state index is 0.342. The van der Waals surface area contributed by atoms with Crippen LogP contribution in [-0.4, -0.2) is 5.11 Å². The van der Waals surface area contributed by atoms with Crippen molar-refractivity contribution in [2.45, 2.75) is 6.54 Å². The number of thiocarbonyl (C=S) groups is 1. The molecule has 2 nitrogen and oxygen atoms in total. The predicted octanol–water partition coefficient (Wildman–Crippen LogP) is 1.62. The third-order valence-electron chi connectivity index (χ3n) is 1.41. The summed E-state index contributed by atoms with van der Waals surface area (Å²) in [6.07, 6.45) is 0. The Bertz CT molecular complexity index is 288. The van der Waals surface area contributed by atoms with E-state index < -0.39 is 0 Å². The van der Waals surface area contributed by atoms with Crippen molar-refractivity contribution in [1.29, 1.82) is 0 Å². The molecule has 0 saturated heterocycles. The molecule has 1 aromatic rings. The van der Waals surface area contributed by atoms with Crippen molar-refractivity contribution in [2.24, 2.45) is 5.73 Å². The van der Waals surface area contributed by atoms with Gasteiger partial charge in [0.1, 0.15) is 0 Å². The minimum atomic E-state index is 0.342. The van der Waals surface area contributed by atoms with E-state index in [2.05, 4.69) is 34.0 Å². The second-order valence-electron chi connectivity index (χ2n) is 2.31. The van der Waals surface area contributed by atoms with Crippen LogP contribution in [0.3, 0.4) is 0 Å². The lowest BCUT2D eigenvalue weighted by Crippen LogP contribution is -2.28. The van der Waals surface area contributed by atoms with E-state index in [1.54, 1.807) is 0 Å². The van der Waals surface area contributed by atoms with E-state index in [0.717, 1.165) is 0 Å². The molecule has 0 atom stereocenters. The van der Waals surface area contributed by atoms with Crippen LogP contribution >= 0.6 is 34.8 Å². The first kappa shape index (κ1) is 9.73. The maximum atomic E-state index is 5.31. The normalized spacial score (nSPS) is 9.42. The van der Waals surface area contributed by atoms with Gasteiger partial charge in [-0.15, -0.1) is 0 Å². The summed E-state index contributed by atoms with van der Waals surface area (Å²) in [5.74, 6) is 0. The molecule has 0 aromatic heterocycles. The fraction of sp³-hybridized carbons (Fsp3) is 0.125. The first-order valence-corrected chi connectivity index (χ1v) is 4.95. The van der Waals surface area contributed by atoms with Gasteiger partial charge in [0.15, 0.2) is 5.11 Å². The Morgan fingerprint density at radius 3 is 2.75 bits per heavy atom. The van der Waals surface area contributed by atoms with Gasteiger partial charge in [-0.25, -0.2) is 0 Å². The summed E-state index contributed by atoms with van der Waals surface area (Å²) in [6, 6.07) is 8.11. The summed E-state index contributed by atoms with van der Waals surface area (Å²) in [5, 5.41) is 3.25. The van der Waals surface area contributed by atoms with Gasteiger partial charge in [0, 0.05) is 10.1 Å². The standard InChI is InChI=1S/C8H9IN2S/c9-7-4-2-1-3-6(7)5-11-8(10)12/h1-4H,5H2,(H3,10,11,12). The molecule has 0 radical (unpaired) electrons. The molecule has 0 fully saturated rings. The van der Waals surface area contributed by atoms with Crippen LogP contribution in [0.15, 0.2) is 24.3 Å². The summed E-state index contributed by atoms with van der Waals surface area (Å²) in [7, 11) is 0. The molecule has 0 saturated carbocycles. The maximum absolute atomic E-state index is 5.31. The number of hydrogen-bond acceptors (Lipinski definition) is 1. The van der Waals surface area contributed by atoms with Crippen molar-refractivity contribution in [3.05, 3.63) is 33.4 Å². The molecule has 0 aliphatic rings. The monoisotopic (exact) mass is 292 g/mol. The third-order valence-corrected chi connectivity index (χ3v) is 2.61. The van der Waals surface area contributed by atoms with E-state index in [0.29, 0.717) is 11.7 Å². The van der Waals surface area contributed by atoms with E-state index in [1.807, 2.05) is 18.2 Å². The zero-order valence-corrected chi connectivity index (χ0v) is 9.35. The smallest absolute Gasteiger partial charge is 0.163 e. The van der Waals surface area contributed by atoms with Crippen LogP contribution in [0.25, 0.3) is 0 Å². The molecular weight excluding hydrogens is 283 g/mol. The lowest BCUT2D eigenvalue weighted by Gasteiger charge is -2.05. The summed E-state index contributed by atoms with van der Waals surface area (Å²) in [6.45, 7) is 0.703. The highest BCUT2D eigenvalue weighted by Crippen LogP contribution is 2.10. The maximum Gasteiger partial charge on any atom is 0.163 e. The second-order valence-corrected chi connectivity index (χ2v) is 3.91. The van der Waals surface area contributed by atoms with Crippen molar-refractivity contribution < 1.29 is 0 Å². The number of benzene rings is 1. The highest BCUT2D eigenvalue weighted by atomic mass is 127. The van der Waals surface area contributed by atoms with E-state index >= 15 is 0 Å². The molecule has 64 valence electrons. The van der Waals surface area contributed by atoms with Crippen LogP contribution in [0.1, 0.15) is 5.56 Å². The van der Waals surface area contributed by atoms with Gasteiger partial charge in [-0.1, -0.05) is 18.2 Å². The van der Waals surface area contributed by atoms with Gasteiger partial charge in [0.25, 0.3) is 0 Å². The summed E-state index contributed by atoms with van der Waals surface area (Å²) < 4.78 is 1.22. The molecular formula is C8H9IN2S. The molecule has 0 aliphatic carbocycles. The molecule has 4 heteroatoms. The second kappa shape index (κ2) is 4.61. The van der Waals surface area contributed by atoms with Gasteiger partial charge >= 0.3 is 0 Å². The Morgan fingerprint density at radius 1 is 1.50 bits per heavy atom. The molecule has 3 N–H and O–H groups in total. The van der Waals surface area contributed by atoms with Gasteiger partial charge < -0.3 is 11.1 Å². The molecule has 0 heterocycles. The van der Waals surface area contributed by atoms with Crippen molar-refractivity contribution in [3.63, 3.8) is 0 Å². The number of rotatable bonds is 2. The van der Waals surface area contributed by atoms with Crippen molar-refractivity contribution in [1.82, 2.24) is 5.32 Å². The van der Waals surface area contributed by atoms with E-state index in [9.17, 15) is 0 Å². The van der Waals surface area contributed by atoms with Gasteiger partial charge in [0.2, 0.25) is 0 Å². The van der Waals surface area contributed by atoms with Crippen LogP contribution in [0.4, 0.5) is 0 Å². The topological polar surface area (TPSA) is 38.0 Å². The number of hydrogen-bond donors (Lipinski definition) is 2. The highest BCUT2D eigenvalue weighted by molar-refractivity contribution is 14.1. The van der Waals surface area contributed by atoms with E-state index in [1.165, 1.54) is 9.13 Å². The fourth-order valence-corrected chi connectivity index (χ4v) is 1.47.